The van der Waals surface area contributed by atoms with Crippen LogP contribution >= 0.6 is 0 Å². The van der Waals surface area contributed by atoms with Gasteiger partial charge < -0.3 is 25.8 Å². The fourth-order valence-corrected chi connectivity index (χ4v) is 5.28. The standard InChI is InChI=1S/C25H28F3N7O3/c1-34-9-6-17(33-34)15-4-2-3-5-16(15)21(25(26,27)28)38-20-12-19(31-23(29)32-20)35-10-7-24(8-11-35)13-18(22(36)37)30-14-24/h2-6,9,12,18,21,30H,7-8,10-11,13-14H2,1H3,(H,36,37)(H2,29,31,32)/t18?,21-/m1/s1. The van der Waals surface area contributed by atoms with E-state index in [2.05, 4.69) is 20.4 Å². The molecule has 1 unspecified atom stereocenters. The highest BCUT2D eigenvalue weighted by Crippen LogP contribution is 2.42. The normalized spacial score (nSPS) is 20.0. The van der Waals surface area contributed by atoms with Crippen molar-refractivity contribution in [3.05, 3.63) is 48.2 Å². The maximum Gasteiger partial charge on any atom is 0.429 e. The number of rotatable bonds is 6. The summed E-state index contributed by atoms with van der Waals surface area (Å²) in [7, 11) is 1.69. The Balaban J connectivity index is 1.38. The lowest BCUT2D eigenvalue weighted by atomic mass is 9.76. The number of aromatic nitrogens is 4. The van der Waals surface area contributed by atoms with Gasteiger partial charge in [0.05, 0.1) is 5.69 Å². The van der Waals surface area contributed by atoms with Crippen LogP contribution in [0, 0.1) is 5.41 Å². The molecule has 2 atom stereocenters. The van der Waals surface area contributed by atoms with Gasteiger partial charge in [0.25, 0.3) is 0 Å². The number of aryl methyl sites for hydroxylation is 1. The summed E-state index contributed by atoms with van der Waals surface area (Å²) in [6.45, 7) is 1.71. The third kappa shape index (κ3) is 5.23. The molecule has 4 N–H and O–H groups in total. The van der Waals surface area contributed by atoms with Crippen molar-refractivity contribution in [3.8, 4) is 17.1 Å². The molecule has 0 radical (unpaired) electrons. The summed E-state index contributed by atoms with van der Waals surface area (Å²) in [4.78, 5) is 21.4. The maximum atomic E-state index is 14.3. The number of piperidine rings is 1. The quantitative estimate of drug-likeness (QED) is 0.439. The van der Waals surface area contributed by atoms with E-state index in [0.717, 1.165) is 0 Å². The molecule has 1 aromatic carbocycles. The SMILES string of the molecule is Cn1ccc(-c2ccccc2[C@@H](Oc2cc(N3CCC4(CC3)CNC(C(=O)O)C4)nc(N)n2)C(F)(F)F)n1. The average molecular weight is 532 g/mol. The fourth-order valence-electron chi connectivity index (χ4n) is 5.28. The predicted octanol–water partition coefficient (Wildman–Crippen LogP) is 3.17. The van der Waals surface area contributed by atoms with Crippen molar-refractivity contribution >= 4 is 17.7 Å². The van der Waals surface area contributed by atoms with Gasteiger partial charge in [0.15, 0.2) is 0 Å². The lowest BCUT2D eigenvalue weighted by Gasteiger charge is -2.39. The van der Waals surface area contributed by atoms with Gasteiger partial charge in [-0.05, 0) is 30.7 Å². The minimum atomic E-state index is -4.75. The predicted molar refractivity (Wildman–Crippen MR) is 132 cm³/mol. The van der Waals surface area contributed by atoms with Crippen molar-refractivity contribution < 1.29 is 27.8 Å². The highest BCUT2D eigenvalue weighted by molar-refractivity contribution is 5.74. The first-order valence-electron chi connectivity index (χ1n) is 12.2. The van der Waals surface area contributed by atoms with Crippen molar-refractivity contribution in [1.29, 1.82) is 0 Å². The monoisotopic (exact) mass is 531 g/mol. The number of alkyl halides is 3. The number of hydrogen-bond acceptors (Lipinski definition) is 8. The number of nitrogens with zero attached hydrogens (tertiary/aromatic N) is 5. The number of nitrogen functional groups attached to an aromatic ring is 1. The van der Waals surface area contributed by atoms with Crippen molar-refractivity contribution in [1.82, 2.24) is 25.1 Å². The van der Waals surface area contributed by atoms with Crippen LogP contribution in [0.15, 0.2) is 42.6 Å². The van der Waals surface area contributed by atoms with Crippen molar-refractivity contribution in [3.63, 3.8) is 0 Å². The van der Waals surface area contributed by atoms with E-state index in [0.29, 0.717) is 56.0 Å². The Kier molecular flexibility index (Phi) is 6.63. The topological polar surface area (TPSA) is 131 Å². The van der Waals surface area contributed by atoms with Crippen LogP contribution in [-0.4, -0.2) is 62.7 Å². The zero-order chi connectivity index (χ0) is 27.1. The van der Waals surface area contributed by atoms with Crippen molar-refractivity contribution in [2.75, 3.05) is 30.3 Å². The molecular formula is C25H28F3N7O3. The minimum Gasteiger partial charge on any atom is -0.480 e. The molecule has 38 heavy (non-hydrogen) atoms. The first-order valence-corrected chi connectivity index (χ1v) is 12.2. The molecule has 13 heteroatoms. The summed E-state index contributed by atoms with van der Waals surface area (Å²) in [5, 5.41) is 16.6. The highest BCUT2D eigenvalue weighted by Gasteiger charge is 2.46. The molecule has 2 fully saturated rings. The van der Waals surface area contributed by atoms with E-state index in [-0.39, 0.29) is 22.8 Å². The second-order valence-electron chi connectivity index (χ2n) is 9.89. The summed E-state index contributed by atoms with van der Waals surface area (Å²) in [5.41, 5.74) is 6.34. The van der Waals surface area contributed by atoms with Gasteiger partial charge in [-0.15, -0.1) is 0 Å². The molecule has 0 saturated carbocycles. The van der Waals surface area contributed by atoms with E-state index >= 15 is 0 Å². The summed E-state index contributed by atoms with van der Waals surface area (Å²) >= 11 is 0. The largest absolute Gasteiger partial charge is 0.480 e. The Morgan fingerprint density at radius 3 is 2.61 bits per heavy atom. The molecule has 3 aromatic rings. The Morgan fingerprint density at radius 1 is 1.24 bits per heavy atom. The molecule has 2 saturated heterocycles. The number of nitrogens with two attached hydrogens (primary N) is 1. The Morgan fingerprint density at radius 2 is 1.97 bits per heavy atom. The van der Waals surface area contributed by atoms with Gasteiger partial charge in [0.2, 0.25) is 17.9 Å². The molecule has 4 heterocycles. The van der Waals surface area contributed by atoms with Gasteiger partial charge in [-0.1, -0.05) is 24.3 Å². The number of carboxylic acids is 1. The van der Waals surface area contributed by atoms with Gasteiger partial charge in [0, 0.05) is 50.1 Å². The van der Waals surface area contributed by atoms with Crippen LogP contribution in [0.3, 0.4) is 0 Å². The lowest BCUT2D eigenvalue weighted by Crippen LogP contribution is -2.41. The zero-order valence-electron chi connectivity index (χ0n) is 20.6. The fraction of sp³-hybridized carbons (Fsp3) is 0.440. The number of carbonyl (C=O) groups is 1. The van der Waals surface area contributed by atoms with Crippen molar-refractivity contribution in [2.45, 2.75) is 37.6 Å². The summed E-state index contributed by atoms with van der Waals surface area (Å²) < 4.78 is 50.0. The Hall–Kier alpha value is -3.87. The number of ether oxygens (including phenoxy) is 1. The smallest absolute Gasteiger partial charge is 0.429 e. The number of aliphatic carboxylic acids is 1. The Bertz CT molecular complexity index is 1320. The molecule has 0 aliphatic carbocycles. The third-order valence-electron chi connectivity index (χ3n) is 7.28. The number of hydrogen-bond donors (Lipinski definition) is 3. The van der Waals surface area contributed by atoms with Crippen LogP contribution in [-0.2, 0) is 11.8 Å². The zero-order valence-corrected chi connectivity index (χ0v) is 20.6. The van der Waals surface area contributed by atoms with Crippen LogP contribution in [0.2, 0.25) is 0 Å². The molecular weight excluding hydrogens is 503 g/mol. The van der Waals surface area contributed by atoms with Crippen LogP contribution in [0.5, 0.6) is 5.88 Å². The van der Waals surface area contributed by atoms with Crippen LogP contribution in [0.4, 0.5) is 24.9 Å². The molecule has 5 rings (SSSR count). The second kappa shape index (κ2) is 9.78. The van der Waals surface area contributed by atoms with E-state index in [9.17, 15) is 23.1 Å². The maximum absolute atomic E-state index is 14.3. The molecule has 1 spiro atoms. The Labute approximate surface area is 216 Å². The molecule has 2 aromatic heterocycles. The van der Waals surface area contributed by atoms with E-state index in [1.165, 1.54) is 22.9 Å². The van der Waals surface area contributed by atoms with Crippen LogP contribution in [0.1, 0.15) is 30.9 Å². The summed E-state index contributed by atoms with van der Waals surface area (Å²) in [5.74, 6) is -0.995. The van der Waals surface area contributed by atoms with Crippen LogP contribution < -0.4 is 20.7 Å². The number of nitrogens with one attached hydrogen (secondary N) is 1. The van der Waals surface area contributed by atoms with Gasteiger partial charge >= 0.3 is 12.1 Å². The third-order valence-corrected chi connectivity index (χ3v) is 7.28. The number of carboxylic acid groups (broad SMARTS) is 1. The van der Waals surface area contributed by atoms with E-state index in [1.807, 2.05) is 4.90 Å². The molecule has 202 valence electrons. The first kappa shape index (κ1) is 25.8. The first-order chi connectivity index (χ1) is 18.0. The van der Waals surface area contributed by atoms with Gasteiger partial charge in [-0.2, -0.15) is 28.2 Å². The molecule has 0 bridgehead atoms. The minimum absolute atomic E-state index is 0.0981. The van der Waals surface area contributed by atoms with Gasteiger partial charge in [0.1, 0.15) is 11.9 Å². The number of halogens is 3. The highest BCUT2D eigenvalue weighted by atomic mass is 19.4. The summed E-state index contributed by atoms with van der Waals surface area (Å²) in [6, 6.07) is 8.51. The second-order valence-corrected chi connectivity index (χ2v) is 9.89. The molecule has 0 amide bonds. The summed E-state index contributed by atoms with van der Waals surface area (Å²) in [6.07, 6.45) is -3.44. The van der Waals surface area contributed by atoms with Gasteiger partial charge in [-0.3, -0.25) is 9.48 Å². The number of anilines is 2. The number of benzene rings is 1. The van der Waals surface area contributed by atoms with Crippen molar-refractivity contribution in [2.24, 2.45) is 12.5 Å². The van der Waals surface area contributed by atoms with Crippen LogP contribution in [0.25, 0.3) is 11.3 Å². The molecule has 10 nitrogen and oxygen atoms in total. The lowest BCUT2D eigenvalue weighted by molar-refractivity contribution is -0.198. The molecule has 2 aliphatic rings. The van der Waals surface area contributed by atoms with E-state index in [1.54, 1.807) is 31.4 Å². The van der Waals surface area contributed by atoms with Gasteiger partial charge in [-0.25, -0.2) is 0 Å². The molecule has 2 aliphatic heterocycles. The van der Waals surface area contributed by atoms with E-state index in [4.69, 9.17) is 10.5 Å². The average Bonchev–Trinajstić information content (AvgIpc) is 3.49. The van der Waals surface area contributed by atoms with E-state index < -0.39 is 24.3 Å².